The lowest BCUT2D eigenvalue weighted by Gasteiger charge is -2.30. The van der Waals surface area contributed by atoms with Crippen LogP contribution in [-0.4, -0.2) is 11.2 Å². The number of aliphatic hydroxyl groups is 1. The first-order valence-electron chi connectivity index (χ1n) is 5.70. The zero-order valence-corrected chi connectivity index (χ0v) is 11.2. The van der Waals surface area contributed by atoms with Gasteiger partial charge in [0.15, 0.2) is 0 Å². The Labute approximate surface area is 105 Å². The zero-order chi connectivity index (χ0) is 11.7. The fraction of sp³-hybridized carbons (Fsp3) is 0.538. The second kappa shape index (κ2) is 4.76. The normalized spacial score (nSPS) is 24.1. The van der Waals surface area contributed by atoms with E-state index in [0.717, 1.165) is 22.2 Å². The van der Waals surface area contributed by atoms with Gasteiger partial charge in [0.2, 0.25) is 0 Å². The van der Waals surface area contributed by atoms with Gasteiger partial charge in [-0.2, -0.15) is 0 Å². The Morgan fingerprint density at radius 2 is 2.25 bits per heavy atom. The van der Waals surface area contributed by atoms with Crippen LogP contribution in [-0.2, 0) is 0 Å². The minimum Gasteiger partial charge on any atom is -0.490 e. The van der Waals surface area contributed by atoms with E-state index in [9.17, 15) is 5.11 Å². The maximum Gasteiger partial charge on any atom is 0.126 e. The Kier molecular flexibility index (Phi) is 3.55. The number of hydrogen-bond acceptors (Lipinski definition) is 2. The molecule has 3 heteroatoms. The van der Waals surface area contributed by atoms with Crippen LogP contribution in [0.25, 0.3) is 0 Å². The molecule has 16 heavy (non-hydrogen) atoms. The number of rotatable bonds is 2. The number of fused-ring (bicyclic) bond motifs is 1. The molecule has 0 bridgehead atoms. The third-order valence-corrected chi connectivity index (χ3v) is 3.34. The molecule has 2 nitrogen and oxygen atoms in total. The molecule has 0 fully saturated rings. The first kappa shape index (κ1) is 11.9. The number of hydrogen-bond donors (Lipinski definition) is 1. The molecule has 0 saturated heterocycles. The van der Waals surface area contributed by atoms with Gasteiger partial charge in [-0.15, -0.1) is 0 Å². The Bertz CT molecular complexity index is 376. The van der Waals surface area contributed by atoms with Gasteiger partial charge in [-0.1, -0.05) is 35.8 Å². The Morgan fingerprint density at radius 3 is 2.94 bits per heavy atom. The maximum absolute atomic E-state index is 10.0. The minimum atomic E-state index is -0.388. The highest BCUT2D eigenvalue weighted by atomic mass is 79.9. The highest BCUT2D eigenvalue weighted by Crippen LogP contribution is 2.37. The van der Waals surface area contributed by atoms with Crippen molar-refractivity contribution < 1.29 is 9.84 Å². The third-order valence-electron chi connectivity index (χ3n) is 2.85. The second-order valence-electron chi connectivity index (χ2n) is 4.80. The Balaban J connectivity index is 2.20. The van der Waals surface area contributed by atoms with Gasteiger partial charge in [-0.3, -0.25) is 0 Å². The van der Waals surface area contributed by atoms with Crippen molar-refractivity contribution in [2.24, 2.45) is 5.92 Å². The van der Waals surface area contributed by atoms with Gasteiger partial charge in [0.25, 0.3) is 0 Å². The van der Waals surface area contributed by atoms with Crippen LogP contribution in [0.4, 0.5) is 0 Å². The van der Waals surface area contributed by atoms with Gasteiger partial charge in [0.05, 0.1) is 6.10 Å². The van der Waals surface area contributed by atoms with E-state index in [2.05, 4.69) is 29.8 Å². The van der Waals surface area contributed by atoms with E-state index in [1.54, 1.807) is 0 Å². The molecule has 0 aromatic heterocycles. The van der Waals surface area contributed by atoms with Gasteiger partial charge >= 0.3 is 0 Å². The first-order chi connectivity index (χ1) is 7.56. The van der Waals surface area contributed by atoms with Crippen LogP contribution in [0.1, 0.15) is 38.4 Å². The molecule has 2 rings (SSSR count). The lowest BCUT2D eigenvalue weighted by Crippen LogP contribution is -2.27. The van der Waals surface area contributed by atoms with Crippen LogP contribution in [0.15, 0.2) is 22.7 Å². The summed E-state index contributed by atoms with van der Waals surface area (Å²) in [5, 5.41) is 10.0. The van der Waals surface area contributed by atoms with E-state index in [-0.39, 0.29) is 12.2 Å². The molecule has 1 aliphatic heterocycles. The Hall–Kier alpha value is -0.540. The van der Waals surface area contributed by atoms with Crippen molar-refractivity contribution in [2.75, 3.05) is 0 Å². The van der Waals surface area contributed by atoms with Crippen molar-refractivity contribution in [3.63, 3.8) is 0 Å². The molecular formula is C13H17BrO2. The van der Waals surface area contributed by atoms with E-state index in [4.69, 9.17) is 4.74 Å². The second-order valence-corrected chi connectivity index (χ2v) is 5.72. The maximum atomic E-state index is 10.0. The summed E-state index contributed by atoms with van der Waals surface area (Å²) in [7, 11) is 0. The molecule has 1 aromatic rings. The average Bonchev–Trinajstić information content (AvgIpc) is 2.15. The van der Waals surface area contributed by atoms with E-state index in [1.807, 2.05) is 18.2 Å². The smallest absolute Gasteiger partial charge is 0.126 e. The van der Waals surface area contributed by atoms with Gasteiger partial charge in [-0.25, -0.2) is 0 Å². The zero-order valence-electron chi connectivity index (χ0n) is 9.61. The van der Waals surface area contributed by atoms with E-state index >= 15 is 0 Å². The molecule has 88 valence electrons. The van der Waals surface area contributed by atoms with Crippen LogP contribution in [0.3, 0.4) is 0 Å². The van der Waals surface area contributed by atoms with Crippen molar-refractivity contribution >= 4 is 15.9 Å². The fourth-order valence-electron chi connectivity index (χ4n) is 2.16. The third kappa shape index (κ3) is 2.58. The topological polar surface area (TPSA) is 29.5 Å². The highest BCUT2D eigenvalue weighted by Gasteiger charge is 2.27. The minimum absolute atomic E-state index is 0.136. The lowest BCUT2D eigenvalue weighted by atomic mass is 9.94. The van der Waals surface area contributed by atoms with E-state index in [1.165, 1.54) is 0 Å². The Morgan fingerprint density at radius 1 is 1.50 bits per heavy atom. The molecule has 0 saturated carbocycles. The summed E-state index contributed by atoms with van der Waals surface area (Å²) < 4.78 is 6.89. The monoisotopic (exact) mass is 284 g/mol. The first-order valence-corrected chi connectivity index (χ1v) is 6.49. The van der Waals surface area contributed by atoms with Crippen LogP contribution in [0, 0.1) is 5.92 Å². The summed E-state index contributed by atoms with van der Waals surface area (Å²) >= 11 is 3.42. The quantitative estimate of drug-likeness (QED) is 0.898. The summed E-state index contributed by atoms with van der Waals surface area (Å²) in [5.74, 6) is 1.41. The summed E-state index contributed by atoms with van der Waals surface area (Å²) in [6.45, 7) is 4.35. The molecule has 0 amide bonds. The number of halogens is 1. The van der Waals surface area contributed by atoms with Crippen LogP contribution in [0.5, 0.6) is 5.75 Å². The van der Waals surface area contributed by atoms with Gasteiger partial charge in [0, 0.05) is 16.5 Å². The standard InChI is InChI=1S/C13H17BrO2/c1-8(2)5-10-7-12(15)11-4-3-9(14)6-13(11)16-10/h3-4,6,8,10,12,15H,5,7H2,1-2H3/t10?,12-/m1/s1. The number of aliphatic hydroxyl groups excluding tert-OH is 1. The van der Waals surface area contributed by atoms with Crippen molar-refractivity contribution in [2.45, 2.75) is 38.9 Å². The van der Waals surface area contributed by atoms with Crippen molar-refractivity contribution in [1.29, 1.82) is 0 Å². The number of benzene rings is 1. The largest absolute Gasteiger partial charge is 0.490 e. The molecule has 1 N–H and O–H groups in total. The van der Waals surface area contributed by atoms with E-state index < -0.39 is 0 Å². The lowest BCUT2D eigenvalue weighted by molar-refractivity contribution is 0.0556. The molecule has 2 atom stereocenters. The van der Waals surface area contributed by atoms with Crippen molar-refractivity contribution in [3.05, 3.63) is 28.2 Å². The highest BCUT2D eigenvalue weighted by molar-refractivity contribution is 9.10. The molecule has 1 aromatic carbocycles. The van der Waals surface area contributed by atoms with Crippen molar-refractivity contribution in [3.8, 4) is 5.75 Å². The fourth-order valence-corrected chi connectivity index (χ4v) is 2.50. The van der Waals surface area contributed by atoms with Crippen LogP contribution < -0.4 is 4.74 Å². The predicted molar refractivity (Wildman–Crippen MR) is 67.6 cm³/mol. The van der Waals surface area contributed by atoms with Crippen LogP contribution >= 0.6 is 15.9 Å². The molecular weight excluding hydrogens is 268 g/mol. The molecule has 1 unspecified atom stereocenters. The summed E-state index contributed by atoms with van der Waals surface area (Å²) in [4.78, 5) is 0. The van der Waals surface area contributed by atoms with Crippen LogP contribution in [0.2, 0.25) is 0 Å². The SMILES string of the molecule is CC(C)CC1C[C@@H](O)c2ccc(Br)cc2O1. The van der Waals surface area contributed by atoms with E-state index in [0.29, 0.717) is 12.3 Å². The molecule has 1 aliphatic rings. The average molecular weight is 285 g/mol. The van der Waals surface area contributed by atoms with Crippen molar-refractivity contribution in [1.82, 2.24) is 0 Å². The molecule has 0 radical (unpaired) electrons. The molecule has 1 heterocycles. The van der Waals surface area contributed by atoms with Gasteiger partial charge in [0.1, 0.15) is 11.9 Å². The summed E-state index contributed by atoms with van der Waals surface area (Å²) in [5.41, 5.74) is 0.906. The summed E-state index contributed by atoms with van der Waals surface area (Å²) in [6, 6.07) is 5.80. The van der Waals surface area contributed by atoms with Gasteiger partial charge < -0.3 is 9.84 Å². The summed E-state index contributed by atoms with van der Waals surface area (Å²) in [6.07, 6.45) is 1.44. The molecule has 0 aliphatic carbocycles. The molecule has 0 spiro atoms. The van der Waals surface area contributed by atoms with Gasteiger partial charge in [-0.05, 0) is 24.5 Å². The number of ether oxygens (including phenoxy) is 1. The predicted octanol–water partition coefficient (Wildman–Crippen LogP) is 3.68.